The number of rotatable bonds is 2. The van der Waals surface area contributed by atoms with Crippen LogP contribution in [0, 0.1) is 0 Å². The summed E-state index contributed by atoms with van der Waals surface area (Å²) in [6.45, 7) is 0. The molecular formula is C10H8N2O2S. The molecular weight excluding hydrogens is 212 g/mol. The number of nitrogens with two attached hydrogens (primary N) is 1. The van der Waals surface area contributed by atoms with Crippen LogP contribution >= 0.6 is 11.3 Å². The minimum absolute atomic E-state index is 0.158. The lowest BCUT2D eigenvalue weighted by Crippen LogP contribution is -2.00. The zero-order valence-electron chi connectivity index (χ0n) is 7.68. The van der Waals surface area contributed by atoms with Gasteiger partial charge in [0.15, 0.2) is 0 Å². The van der Waals surface area contributed by atoms with Crippen molar-refractivity contribution in [2.45, 2.75) is 0 Å². The number of nitrogens with zero attached hydrogens (tertiary/aromatic N) is 1. The van der Waals surface area contributed by atoms with E-state index in [2.05, 4.69) is 4.98 Å². The molecule has 0 aromatic carbocycles. The van der Waals surface area contributed by atoms with E-state index in [9.17, 15) is 4.79 Å². The first-order valence-electron chi connectivity index (χ1n) is 4.21. The van der Waals surface area contributed by atoms with Gasteiger partial charge in [-0.1, -0.05) is 6.07 Å². The van der Waals surface area contributed by atoms with E-state index in [0.717, 1.165) is 4.88 Å². The third-order valence-electron chi connectivity index (χ3n) is 1.87. The molecule has 4 nitrogen and oxygen atoms in total. The molecule has 0 radical (unpaired) electrons. The highest BCUT2D eigenvalue weighted by Crippen LogP contribution is 2.24. The maximum Gasteiger partial charge on any atom is 0.335 e. The molecule has 0 fully saturated rings. The fourth-order valence-electron chi connectivity index (χ4n) is 1.23. The van der Waals surface area contributed by atoms with Gasteiger partial charge in [0.1, 0.15) is 5.82 Å². The molecule has 0 aliphatic heterocycles. The molecule has 2 heterocycles. The molecule has 2 aromatic rings. The van der Waals surface area contributed by atoms with Crippen LogP contribution in [0.3, 0.4) is 0 Å². The molecule has 2 rings (SSSR count). The first kappa shape index (κ1) is 9.67. The lowest BCUT2D eigenvalue weighted by molar-refractivity contribution is 0.0697. The molecule has 0 amide bonds. The maximum absolute atomic E-state index is 10.8. The van der Waals surface area contributed by atoms with Crippen molar-refractivity contribution < 1.29 is 9.90 Å². The summed E-state index contributed by atoms with van der Waals surface area (Å²) in [5, 5.41) is 10.8. The quantitative estimate of drug-likeness (QED) is 0.812. The average molecular weight is 220 g/mol. The second kappa shape index (κ2) is 3.70. The number of carboxylic acids is 1. The Labute approximate surface area is 90.0 Å². The predicted molar refractivity (Wildman–Crippen MR) is 58.9 cm³/mol. The van der Waals surface area contributed by atoms with Crippen LogP contribution in [-0.2, 0) is 0 Å². The van der Waals surface area contributed by atoms with Gasteiger partial charge >= 0.3 is 5.97 Å². The fraction of sp³-hybridized carbons (Fsp3) is 0. The molecule has 0 atom stereocenters. The number of pyridine rings is 1. The largest absolute Gasteiger partial charge is 0.478 e. The predicted octanol–water partition coefficient (Wildman–Crippen LogP) is 2.09. The van der Waals surface area contributed by atoms with E-state index in [4.69, 9.17) is 10.8 Å². The first-order chi connectivity index (χ1) is 7.16. The van der Waals surface area contributed by atoms with Gasteiger partial charge in [0, 0.05) is 0 Å². The zero-order chi connectivity index (χ0) is 10.8. The lowest BCUT2D eigenvalue weighted by Gasteiger charge is -2.01. The van der Waals surface area contributed by atoms with Crippen molar-refractivity contribution in [3.8, 4) is 10.6 Å². The van der Waals surface area contributed by atoms with Gasteiger partial charge in [-0.15, -0.1) is 11.3 Å². The number of carboxylic acid groups (broad SMARTS) is 1. The fourth-order valence-corrected chi connectivity index (χ4v) is 1.91. The Bertz CT molecular complexity index is 494. The summed E-state index contributed by atoms with van der Waals surface area (Å²) in [5.74, 6) is -0.778. The number of anilines is 1. The minimum Gasteiger partial charge on any atom is -0.478 e. The van der Waals surface area contributed by atoms with Gasteiger partial charge in [0.25, 0.3) is 0 Å². The Morgan fingerprint density at radius 1 is 1.47 bits per heavy atom. The maximum atomic E-state index is 10.8. The smallest absolute Gasteiger partial charge is 0.335 e. The summed E-state index contributed by atoms with van der Waals surface area (Å²) >= 11 is 1.49. The molecule has 0 aliphatic rings. The van der Waals surface area contributed by atoms with E-state index in [1.54, 1.807) is 0 Å². The zero-order valence-corrected chi connectivity index (χ0v) is 8.49. The molecule has 0 saturated heterocycles. The van der Waals surface area contributed by atoms with Gasteiger partial charge in [0.2, 0.25) is 0 Å². The topological polar surface area (TPSA) is 76.2 Å². The molecule has 0 unspecified atom stereocenters. The average Bonchev–Trinajstić information content (AvgIpc) is 2.69. The van der Waals surface area contributed by atoms with Crippen LogP contribution in [0.15, 0.2) is 29.6 Å². The van der Waals surface area contributed by atoms with E-state index in [1.165, 1.54) is 23.5 Å². The second-order valence-corrected chi connectivity index (χ2v) is 3.90. The highest BCUT2D eigenvalue weighted by Gasteiger charge is 2.08. The molecule has 0 bridgehead atoms. The van der Waals surface area contributed by atoms with E-state index in [1.807, 2.05) is 17.5 Å². The molecule has 2 aromatic heterocycles. The molecule has 3 N–H and O–H groups in total. The van der Waals surface area contributed by atoms with Gasteiger partial charge < -0.3 is 10.8 Å². The number of hydrogen-bond donors (Lipinski definition) is 2. The van der Waals surface area contributed by atoms with Crippen molar-refractivity contribution in [3.05, 3.63) is 35.2 Å². The SMILES string of the molecule is Nc1cc(C(=O)O)cc(-c2cccs2)n1. The standard InChI is InChI=1S/C10H8N2O2S/c11-9-5-6(10(13)14)4-7(12-9)8-2-1-3-15-8/h1-5H,(H2,11,12)(H,13,14). The summed E-state index contributed by atoms with van der Waals surface area (Å²) in [6, 6.07) is 6.62. The Morgan fingerprint density at radius 2 is 2.27 bits per heavy atom. The Kier molecular flexibility index (Phi) is 2.39. The molecule has 5 heteroatoms. The number of hydrogen-bond acceptors (Lipinski definition) is 4. The summed E-state index contributed by atoms with van der Waals surface area (Å²) in [6.07, 6.45) is 0. The third-order valence-corrected chi connectivity index (χ3v) is 2.76. The van der Waals surface area contributed by atoms with Crippen LogP contribution in [0.2, 0.25) is 0 Å². The molecule has 0 spiro atoms. The van der Waals surface area contributed by atoms with Crippen LogP contribution in [-0.4, -0.2) is 16.1 Å². The van der Waals surface area contributed by atoms with Crippen molar-refractivity contribution >= 4 is 23.1 Å². The van der Waals surface area contributed by atoms with Crippen LogP contribution in [0.1, 0.15) is 10.4 Å². The van der Waals surface area contributed by atoms with Crippen molar-refractivity contribution in [3.63, 3.8) is 0 Å². The third kappa shape index (κ3) is 1.97. The van der Waals surface area contributed by atoms with Crippen LogP contribution in [0.4, 0.5) is 5.82 Å². The van der Waals surface area contributed by atoms with Gasteiger partial charge in [-0.2, -0.15) is 0 Å². The van der Waals surface area contributed by atoms with E-state index in [0.29, 0.717) is 5.69 Å². The highest BCUT2D eigenvalue weighted by molar-refractivity contribution is 7.13. The summed E-state index contributed by atoms with van der Waals surface area (Å²) in [5.41, 5.74) is 6.29. The van der Waals surface area contributed by atoms with Gasteiger partial charge in [0.05, 0.1) is 16.1 Å². The van der Waals surface area contributed by atoms with E-state index < -0.39 is 5.97 Å². The Hall–Kier alpha value is -1.88. The molecule has 0 saturated carbocycles. The second-order valence-electron chi connectivity index (χ2n) is 2.95. The number of thiophene rings is 1. The van der Waals surface area contributed by atoms with Gasteiger partial charge in [-0.05, 0) is 23.6 Å². The van der Waals surface area contributed by atoms with Gasteiger partial charge in [-0.25, -0.2) is 9.78 Å². The van der Waals surface area contributed by atoms with Crippen molar-refractivity contribution in [1.82, 2.24) is 4.98 Å². The van der Waals surface area contributed by atoms with E-state index >= 15 is 0 Å². The summed E-state index contributed by atoms with van der Waals surface area (Å²) in [4.78, 5) is 15.8. The van der Waals surface area contributed by atoms with Gasteiger partial charge in [-0.3, -0.25) is 0 Å². The van der Waals surface area contributed by atoms with Crippen LogP contribution < -0.4 is 5.73 Å². The highest BCUT2D eigenvalue weighted by atomic mass is 32.1. The van der Waals surface area contributed by atoms with Crippen molar-refractivity contribution in [2.24, 2.45) is 0 Å². The van der Waals surface area contributed by atoms with Crippen LogP contribution in [0.5, 0.6) is 0 Å². The Balaban J connectivity index is 2.54. The monoisotopic (exact) mass is 220 g/mol. The molecule has 76 valence electrons. The van der Waals surface area contributed by atoms with Crippen molar-refractivity contribution in [2.75, 3.05) is 5.73 Å². The first-order valence-corrected chi connectivity index (χ1v) is 5.09. The summed E-state index contributed by atoms with van der Waals surface area (Å²) < 4.78 is 0. The Morgan fingerprint density at radius 3 is 2.87 bits per heavy atom. The van der Waals surface area contributed by atoms with Crippen LogP contribution in [0.25, 0.3) is 10.6 Å². The minimum atomic E-state index is -0.998. The normalized spacial score (nSPS) is 10.1. The number of aromatic nitrogens is 1. The van der Waals surface area contributed by atoms with Crippen molar-refractivity contribution in [1.29, 1.82) is 0 Å². The molecule has 0 aliphatic carbocycles. The lowest BCUT2D eigenvalue weighted by atomic mass is 10.2. The summed E-state index contributed by atoms with van der Waals surface area (Å²) in [7, 11) is 0. The number of aromatic carboxylic acids is 1. The number of carbonyl (C=O) groups is 1. The molecule has 15 heavy (non-hydrogen) atoms. The number of nitrogen functional groups attached to an aromatic ring is 1. The van der Waals surface area contributed by atoms with E-state index in [-0.39, 0.29) is 11.4 Å².